The van der Waals surface area contributed by atoms with Crippen LogP contribution in [0.5, 0.6) is 5.88 Å². The molecule has 18 heavy (non-hydrogen) atoms. The zero-order valence-electron chi connectivity index (χ0n) is 10.6. The Labute approximate surface area is 106 Å². The van der Waals surface area contributed by atoms with Crippen LogP contribution in [0.4, 0.5) is 0 Å². The van der Waals surface area contributed by atoms with Gasteiger partial charge in [-0.2, -0.15) is 4.98 Å². The maximum Gasteiger partial charge on any atom is 0.354 e. The minimum atomic E-state index is -1.05. The molecule has 1 aromatic heterocycles. The molecule has 6 nitrogen and oxygen atoms in total. The summed E-state index contributed by atoms with van der Waals surface area (Å²) in [5.41, 5.74) is -0.00919. The molecular weight excluding hydrogens is 234 g/mol. The van der Waals surface area contributed by atoms with E-state index in [2.05, 4.69) is 14.9 Å². The van der Waals surface area contributed by atoms with E-state index in [9.17, 15) is 4.79 Å². The summed E-state index contributed by atoms with van der Waals surface area (Å²) in [7, 11) is 3.52. The number of hydrogen-bond acceptors (Lipinski definition) is 5. The highest BCUT2D eigenvalue weighted by atomic mass is 16.5. The number of hydrogen-bond donors (Lipinski definition) is 1. The van der Waals surface area contributed by atoms with Gasteiger partial charge in [0.2, 0.25) is 5.88 Å². The number of likely N-dealkylation sites (N-methyl/N-ethyl adjacent to an activating group) is 1. The Morgan fingerprint density at radius 3 is 2.94 bits per heavy atom. The fourth-order valence-electron chi connectivity index (χ4n) is 2.22. The lowest BCUT2D eigenvalue weighted by Crippen LogP contribution is -2.32. The van der Waals surface area contributed by atoms with E-state index < -0.39 is 5.97 Å². The average molecular weight is 251 g/mol. The summed E-state index contributed by atoms with van der Waals surface area (Å²) in [5.74, 6) is 0.00184. The molecule has 2 rings (SSSR count). The molecule has 0 aromatic carbocycles. The summed E-state index contributed by atoms with van der Waals surface area (Å²) in [6.45, 7) is 1.92. The van der Waals surface area contributed by atoms with E-state index in [1.54, 1.807) is 0 Å². The molecule has 6 heteroatoms. The van der Waals surface area contributed by atoms with Crippen molar-refractivity contribution in [3.63, 3.8) is 0 Å². The van der Waals surface area contributed by atoms with Gasteiger partial charge in [0, 0.05) is 18.5 Å². The van der Waals surface area contributed by atoms with Crippen molar-refractivity contribution < 1.29 is 14.6 Å². The number of carboxylic acid groups (broad SMARTS) is 1. The van der Waals surface area contributed by atoms with Gasteiger partial charge < -0.3 is 14.7 Å². The van der Waals surface area contributed by atoms with Gasteiger partial charge in [-0.1, -0.05) is 0 Å². The van der Waals surface area contributed by atoms with Crippen LogP contribution in [0.15, 0.2) is 6.07 Å². The quantitative estimate of drug-likeness (QED) is 0.863. The molecule has 1 N–H and O–H groups in total. The molecule has 0 bridgehead atoms. The number of carbonyl (C=O) groups is 1. The first kappa shape index (κ1) is 12.8. The summed E-state index contributed by atoms with van der Waals surface area (Å²) in [6.07, 6.45) is 2.06. The van der Waals surface area contributed by atoms with E-state index in [4.69, 9.17) is 9.84 Å². The molecule has 0 amide bonds. The second-order valence-corrected chi connectivity index (χ2v) is 4.56. The van der Waals surface area contributed by atoms with Gasteiger partial charge in [0.05, 0.1) is 7.11 Å². The van der Waals surface area contributed by atoms with Crippen molar-refractivity contribution in [3.8, 4) is 5.88 Å². The SMILES string of the molecule is COc1cc(C(=O)O)nc(C2CCCN(C)C2)n1. The molecule has 0 aliphatic carbocycles. The fraction of sp³-hybridized carbons (Fsp3) is 0.583. The average Bonchev–Trinajstić information content (AvgIpc) is 2.38. The second kappa shape index (κ2) is 5.30. The van der Waals surface area contributed by atoms with E-state index in [-0.39, 0.29) is 11.6 Å². The standard InChI is InChI=1S/C12H17N3O3/c1-15-5-3-4-8(7-15)11-13-9(12(16)17)6-10(14-11)18-2/h6,8H,3-5,7H2,1-2H3,(H,16,17). The van der Waals surface area contributed by atoms with Crippen molar-refractivity contribution >= 4 is 5.97 Å². The summed E-state index contributed by atoms with van der Waals surface area (Å²) in [6, 6.07) is 1.35. The van der Waals surface area contributed by atoms with Crippen molar-refractivity contribution in [3.05, 3.63) is 17.6 Å². The Morgan fingerprint density at radius 2 is 2.33 bits per heavy atom. The van der Waals surface area contributed by atoms with Crippen LogP contribution < -0.4 is 4.74 Å². The lowest BCUT2D eigenvalue weighted by atomic mass is 9.97. The summed E-state index contributed by atoms with van der Waals surface area (Å²) >= 11 is 0. The van der Waals surface area contributed by atoms with Crippen LogP contribution in [0.1, 0.15) is 35.1 Å². The number of ether oxygens (including phenoxy) is 1. The number of aromatic nitrogens is 2. The topological polar surface area (TPSA) is 75.6 Å². The molecule has 1 aliphatic heterocycles. The van der Waals surface area contributed by atoms with E-state index >= 15 is 0 Å². The zero-order valence-corrected chi connectivity index (χ0v) is 10.6. The molecule has 1 saturated heterocycles. The van der Waals surface area contributed by atoms with Crippen LogP contribution in [0, 0.1) is 0 Å². The van der Waals surface area contributed by atoms with E-state index in [1.807, 2.05) is 7.05 Å². The Morgan fingerprint density at radius 1 is 1.56 bits per heavy atom. The minimum Gasteiger partial charge on any atom is -0.481 e. The predicted molar refractivity (Wildman–Crippen MR) is 65.0 cm³/mol. The Balaban J connectivity index is 2.31. The van der Waals surface area contributed by atoms with Gasteiger partial charge in [0.1, 0.15) is 5.82 Å². The fourth-order valence-corrected chi connectivity index (χ4v) is 2.22. The van der Waals surface area contributed by atoms with Crippen LogP contribution in [0.2, 0.25) is 0 Å². The molecule has 1 unspecified atom stereocenters. The van der Waals surface area contributed by atoms with Crippen LogP contribution in [-0.2, 0) is 0 Å². The van der Waals surface area contributed by atoms with E-state index in [0.29, 0.717) is 11.7 Å². The van der Waals surface area contributed by atoms with Crippen molar-refractivity contribution in [1.29, 1.82) is 0 Å². The Bertz CT molecular complexity index is 450. The van der Waals surface area contributed by atoms with Gasteiger partial charge in [0.15, 0.2) is 5.69 Å². The van der Waals surface area contributed by atoms with Crippen LogP contribution in [0.25, 0.3) is 0 Å². The number of rotatable bonds is 3. The maximum atomic E-state index is 11.0. The molecule has 2 heterocycles. The van der Waals surface area contributed by atoms with E-state index in [0.717, 1.165) is 25.9 Å². The molecule has 1 fully saturated rings. The summed E-state index contributed by atoms with van der Waals surface area (Å²) < 4.78 is 5.04. The largest absolute Gasteiger partial charge is 0.481 e. The number of carboxylic acids is 1. The van der Waals surface area contributed by atoms with Crippen molar-refractivity contribution in [2.75, 3.05) is 27.2 Å². The lowest BCUT2D eigenvalue weighted by Gasteiger charge is -2.28. The number of aromatic carboxylic acids is 1. The third-order valence-electron chi connectivity index (χ3n) is 3.14. The van der Waals surface area contributed by atoms with Gasteiger partial charge >= 0.3 is 5.97 Å². The van der Waals surface area contributed by atoms with Crippen molar-refractivity contribution in [2.45, 2.75) is 18.8 Å². The van der Waals surface area contributed by atoms with Crippen LogP contribution in [-0.4, -0.2) is 53.2 Å². The number of likely N-dealkylation sites (tertiary alicyclic amines) is 1. The number of nitrogens with zero attached hydrogens (tertiary/aromatic N) is 3. The molecule has 0 radical (unpaired) electrons. The highest BCUT2D eigenvalue weighted by molar-refractivity contribution is 5.85. The summed E-state index contributed by atoms with van der Waals surface area (Å²) in [4.78, 5) is 21.6. The van der Waals surface area contributed by atoms with Gasteiger partial charge in [-0.3, -0.25) is 0 Å². The Kier molecular flexibility index (Phi) is 3.76. The van der Waals surface area contributed by atoms with Crippen LogP contribution in [0.3, 0.4) is 0 Å². The molecule has 0 saturated carbocycles. The molecule has 0 spiro atoms. The molecule has 1 aliphatic rings. The predicted octanol–water partition coefficient (Wildman–Crippen LogP) is 0.993. The third-order valence-corrected chi connectivity index (χ3v) is 3.14. The van der Waals surface area contributed by atoms with E-state index in [1.165, 1.54) is 13.2 Å². The smallest absolute Gasteiger partial charge is 0.354 e. The molecule has 98 valence electrons. The van der Waals surface area contributed by atoms with Gasteiger partial charge in [0.25, 0.3) is 0 Å². The van der Waals surface area contributed by atoms with Gasteiger partial charge in [-0.25, -0.2) is 9.78 Å². The first-order valence-corrected chi connectivity index (χ1v) is 5.95. The first-order chi connectivity index (χ1) is 8.60. The highest BCUT2D eigenvalue weighted by Gasteiger charge is 2.23. The third kappa shape index (κ3) is 2.76. The minimum absolute atomic E-state index is 0.00919. The Hall–Kier alpha value is -1.69. The van der Waals surface area contributed by atoms with Crippen LogP contribution >= 0.6 is 0 Å². The first-order valence-electron chi connectivity index (χ1n) is 5.95. The monoisotopic (exact) mass is 251 g/mol. The second-order valence-electron chi connectivity index (χ2n) is 4.56. The van der Waals surface area contributed by atoms with Gasteiger partial charge in [-0.15, -0.1) is 0 Å². The maximum absolute atomic E-state index is 11.0. The molecular formula is C12H17N3O3. The summed E-state index contributed by atoms with van der Waals surface area (Å²) in [5, 5.41) is 9.02. The number of piperidine rings is 1. The normalized spacial score (nSPS) is 20.7. The highest BCUT2D eigenvalue weighted by Crippen LogP contribution is 2.25. The molecule has 1 aromatic rings. The van der Waals surface area contributed by atoms with Crippen molar-refractivity contribution in [1.82, 2.24) is 14.9 Å². The zero-order chi connectivity index (χ0) is 13.1. The van der Waals surface area contributed by atoms with Gasteiger partial charge in [-0.05, 0) is 26.4 Å². The molecule has 1 atom stereocenters. The lowest BCUT2D eigenvalue weighted by molar-refractivity contribution is 0.0689. The number of methoxy groups -OCH3 is 1. The van der Waals surface area contributed by atoms with Crippen molar-refractivity contribution in [2.24, 2.45) is 0 Å².